The number of aliphatic hydroxyl groups excluding tert-OH is 1. The van der Waals surface area contributed by atoms with Gasteiger partial charge in [0.05, 0.1) is 0 Å². The van der Waals surface area contributed by atoms with Gasteiger partial charge in [-0.15, -0.1) is 0 Å². The van der Waals surface area contributed by atoms with Crippen molar-refractivity contribution < 1.29 is 19.0 Å². The van der Waals surface area contributed by atoms with Crippen LogP contribution in [-0.4, -0.2) is 23.3 Å². The highest BCUT2D eigenvalue weighted by atomic mass is 19.1. The van der Waals surface area contributed by atoms with Crippen molar-refractivity contribution in [3.8, 4) is 0 Å². The molecule has 0 saturated carbocycles. The topological polar surface area (TPSA) is 58.6 Å². The number of hydrogen-bond acceptors (Lipinski definition) is 4. The third-order valence-corrected chi connectivity index (χ3v) is 2.43. The molecule has 1 aliphatic rings. The van der Waals surface area contributed by atoms with Crippen LogP contribution in [-0.2, 0) is 16.1 Å². The zero-order chi connectivity index (χ0) is 11.5. The van der Waals surface area contributed by atoms with Crippen LogP contribution >= 0.6 is 0 Å². The highest BCUT2D eigenvalue weighted by Crippen LogP contribution is 2.12. The maximum absolute atomic E-state index is 12.6. The van der Waals surface area contributed by atoms with Crippen LogP contribution < -0.4 is 5.32 Å². The molecule has 0 amide bonds. The Morgan fingerprint density at radius 1 is 1.50 bits per heavy atom. The van der Waals surface area contributed by atoms with E-state index in [2.05, 4.69) is 5.32 Å². The molecule has 1 aliphatic heterocycles. The van der Waals surface area contributed by atoms with Gasteiger partial charge in [-0.25, -0.2) is 4.39 Å². The molecular formula is C11H12FNO3. The molecule has 86 valence electrons. The average Bonchev–Trinajstić information content (AvgIpc) is 2.24. The Hall–Kier alpha value is -1.46. The Morgan fingerprint density at radius 3 is 2.69 bits per heavy atom. The zero-order valence-electron chi connectivity index (χ0n) is 8.52. The van der Waals surface area contributed by atoms with E-state index in [4.69, 9.17) is 9.84 Å². The lowest BCUT2D eigenvalue weighted by atomic mass is 10.1. The van der Waals surface area contributed by atoms with Crippen molar-refractivity contribution in [1.82, 2.24) is 5.32 Å². The van der Waals surface area contributed by atoms with Crippen LogP contribution in [0.3, 0.4) is 0 Å². The molecule has 2 rings (SSSR count). The van der Waals surface area contributed by atoms with Crippen molar-refractivity contribution in [2.75, 3.05) is 0 Å². The normalized spacial score (nSPS) is 23.6. The third-order valence-electron chi connectivity index (χ3n) is 2.43. The number of aliphatic hydroxyl groups is 1. The first-order valence-corrected chi connectivity index (χ1v) is 5.00. The van der Waals surface area contributed by atoms with Gasteiger partial charge in [0.1, 0.15) is 24.7 Å². The largest absolute Gasteiger partial charge is 0.460 e. The Kier molecular flexibility index (Phi) is 3.17. The van der Waals surface area contributed by atoms with E-state index >= 15 is 0 Å². The number of halogens is 1. The SMILES string of the molecule is O=C(OCc1ccc(F)cc1)[C@@H]1CC(O)N1. The standard InChI is InChI=1S/C11H12FNO3/c12-8-3-1-7(2-4-8)6-16-11(15)9-5-10(14)13-9/h1-4,9-10,13-14H,5-6H2/t9-,10?/m0/s1. The summed E-state index contributed by atoms with van der Waals surface area (Å²) in [6.07, 6.45) is -0.231. The minimum Gasteiger partial charge on any atom is -0.460 e. The predicted molar refractivity (Wildman–Crippen MR) is 53.7 cm³/mol. The fourth-order valence-electron chi connectivity index (χ4n) is 1.43. The van der Waals surface area contributed by atoms with E-state index in [0.717, 1.165) is 5.56 Å². The number of esters is 1. The highest BCUT2D eigenvalue weighted by Gasteiger charge is 2.33. The Balaban J connectivity index is 1.79. The van der Waals surface area contributed by atoms with Crippen LogP contribution in [0.25, 0.3) is 0 Å². The van der Waals surface area contributed by atoms with Gasteiger partial charge in [-0.1, -0.05) is 12.1 Å². The Bertz CT molecular complexity index is 373. The molecule has 4 nitrogen and oxygen atoms in total. The summed E-state index contributed by atoms with van der Waals surface area (Å²) in [5.41, 5.74) is 0.731. The first-order valence-electron chi connectivity index (χ1n) is 5.00. The van der Waals surface area contributed by atoms with E-state index in [0.29, 0.717) is 6.42 Å². The molecule has 16 heavy (non-hydrogen) atoms. The van der Waals surface area contributed by atoms with Gasteiger partial charge in [0.2, 0.25) is 0 Å². The molecule has 1 aromatic rings. The number of nitrogens with one attached hydrogen (secondary N) is 1. The molecule has 1 fully saturated rings. The second-order valence-electron chi connectivity index (χ2n) is 3.70. The van der Waals surface area contributed by atoms with E-state index in [1.165, 1.54) is 12.1 Å². The van der Waals surface area contributed by atoms with Crippen LogP contribution in [0.1, 0.15) is 12.0 Å². The van der Waals surface area contributed by atoms with Gasteiger partial charge >= 0.3 is 5.97 Å². The molecule has 1 unspecified atom stereocenters. The number of carbonyl (C=O) groups is 1. The van der Waals surface area contributed by atoms with E-state index in [1.54, 1.807) is 12.1 Å². The monoisotopic (exact) mass is 225 g/mol. The fraction of sp³-hybridized carbons (Fsp3) is 0.364. The number of carbonyl (C=O) groups excluding carboxylic acids is 1. The first kappa shape index (κ1) is 11.0. The van der Waals surface area contributed by atoms with E-state index < -0.39 is 18.2 Å². The van der Waals surface area contributed by atoms with Gasteiger partial charge in [0, 0.05) is 6.42 Å². The van der Waals surface area contributed by atoms with Gasteiger partial charge in [-0.3, -0.25) is 10.1 Å². The van der Waals surface area contributed by atoms with E-state index in [9.17, 15) is 9.18 Å². The lowest BCUT2D eigenvalue weighted by Crippen LogP contribution is -2.56. The van der Waals surface area contributed by atoms with Gasteiger partial charge in [0.15, 0.2) is 0 Å². The van der Waals surface area contributed by atoms with Gasteiger partial charge in [-0.2, -0.15) is 0 Å². The molecular weight excluding hydrogens is 213 g/mol. The lowest BCUT2D eigenvalue weighted by Gasteiger charge is -2.31. The highest BCUT2D eigenvalue weighted by molar-refractivity contribution is 5.76. The number of rotatable bonds is 3. The quantitative estimate of drug-likeness (QED) is 0.737. The molecule has 0 bridgehead atoms. The van der Waals surface area contributed by atoms with Crippen LogP contribution in [0.2, 0.25) is 0 Å². The fourth-order valence-corrected chi connectivity index (χ4v) is 1.43. The first-order chi connectivity index (χ1) is 7.65. The molecule has 1 heterocycles. The Labute approximate surface area is 92.0 Å². The average molecular weight is 225 g/mol. The molecule has 0 aromatic heterocycles. The van der Waals surface area contributed by atoms with Crippen LogP contribution in [0.5, 0.6) is 0 Å². The number of ether oxygens (including phenoxy) is 1. The van der Waals surface area contributed by atoms with E-state index in [-0.39, 0.29) is 12.4 Å². The molecule has 5 heteroatoms. The summed E-state index contributed by atoms with van der Waals surface area (Å²) in [6, 6.07) is 5.33. The van der Waals surface area contributed by atoms with Gasteiger partial charge < -0.3 is 9.84 Å². The van der Waals surface area contributed by atoms with Crippen molar-refractivity contribution in [1.29, 1.82) is 0 Å². The third kappa shape index (κ3) is 2.56. The molecule has 0 radical (unpaired) electrons. The second kappa shape index (κ2) is 4.59. The van der Waals surface area contributed by atoms with Crippen molar-refractivity contribution >= 4 is 5.97 Å². The lowest BCUT2D eigenvalue weighted by molar-refractivity contribution is -0.154. The summed E-state index contributed by atoms with van der Waals surface area (Å²) >= 11 is 0. The molecule has 1 saturated heterocycles. The van der Waals surface area contributed by atoms with E-state index in [1.807, 2.05) is 0 Å². The molecule has 0 aliphatic carbocycles. The summed E-state index contributed by atoms with van der Waals surface area (Å²) in [7, 11) is 0. The number of benzene rings is 1. The van der Waals surface area contributed by atoms with Gasteiger partial charge in [0.25, 0.3) is 0 Å². The molecule has 2 atom stereocenters. The molecule has 1 aromatic carbocycles. The van der Waals surface area contributed by atoms with Crippen LogP contribution in [0, 0.1) is 5.82 Å². The Morgan fingerprint density at radius 2 is 2.12 bits per heavy atom. The maximum atomic E-state index is 12.6. The van der Waals surface area contributed by atoms with Crippen molar-refractivity contribution in [3.05, 3.63) is 35.6 Å². The van der Waals surface area contributed by atoms with Gasteiger partial charge in [-0.05, 0) is 17.7 Å². The summed E-state index contributed by atoms with van der Waals surface area (Å²) in [5, 5.41) is 11.5. The number of hydrogen-bond donors (Lipinski definition) is 2. The van der Waals surface area contributed by atoms with Crippen molar-refractivity contribution in [2.24, 2.45) is 0 Å². The predicted octanol–water partition coefficient (Wildman–Crippen LogP) is 0.549. The van der Waals surface area contributed by atoms with Crippen LogP contribution in [0.15, 0.2) is 24.3 Å². The second-order valence-corrected chi connectivity index (χ2v) is 3.70. The summed E-state index contributed by atoms with van der Waals surface area (Å²) < 4.78 is 17.6. The smallest absolute Gasteiger partial charge is 0.323 e. The minimum absolute atomic E-state index is 0.118. The van der Waals surface area contributed by atoms with Crippen molar-refractivity contribution in [2.45, 2.75) is 25.3 Å². The zero-order valence-corrected chi connectivity index (χ0v) is 8.52. The van der Waals surface area contributed by atoms with Crippen LogP contribution in [0.4, 0.5) is 4.39 Å². The maximum Gasteiger partial charge on any atom is 0.323 e. The summed E-state index contributed by atoms with van der Waals surface area (Å²) in [5.74, 6) is -0.714. The minimum atomic E-state index is -0.608. The summed E-state index contributed by atoms with van der Waals surface area (Å²) in [4.78, 5) is 11.3. The molecule has 0 spiro atoms. The summed E-state index contributed by atoms with van der Waals surface area (Å²) in [6.45, 7) is 0.118. The molecule has 2 N–H and O–H groups in total. The van der Waals surface area contributed by atoms with Crippen molar-refractivity contribution in [3.63, 3.8) is 0 Å².